The second-order valence-corrected chi connectivity index (χ2v) is 4.77. The van der Waals surface area contributed by atoms with Crippen LogP contribution in [0.15, 0.2) is 11.6 Å². The first-order chi connectivity index (χ1) is 9.49. The van der Waals surface area contributed by atoms with Crippen molar-refractivity contribution >= 4 is 28.3 Å². The highest BCUT2D eigenvalue weighted by atomic mass is 35.5. The summed E-state index contributed by atoms with van der Waals surface area (Å²) in [7, 11) is 0. The molecule has 13 heteroatoms. The molecule has 126 valence electrons. The molecule has 0 radical (unpaired) electrons. The maximum atomic E-state index is 11.7. The molecule has 10 nitrogen and oxygen atoms in total. The fourth-order valence-electron chi connectivity index (χ4n) is 1.33. The van der Waals surface area contributed by atoms with Crippen LogP contribution in [0.5, 0.6) is 0 Å². The van der Waals surface area contributed by atoms with Crippen molar-refractivity contribution in [2.75, 3.05) is 11.9 Å². The van der Waals surface area contributed by atoms with Gasteiger partial charge in [-0.25, -0.2) is 15.1 Å². The molecule has 0 unspecified atom stereocenters. The minimum atomic E-state index is -0.756. The van der Waals surface area contributed by atoms with Gasteiger partial charge in [0.1, 0.15) is 0 Å². The van der Waals surface area contributed by atoms with E-state index < -0.39 is 11.1 Å². The SMILES string of the molecule is NC(N[N+](=O)[O-])=[NH+]CCC[C@H]([NH3+])C(=O)Nc1nccs1.[Cl-].[Cl-]. The zero-order valence-corrected chi connectivity index (χ0v) is 13.7. The first-order valence-electron chi connectivity index (χ1n) is 5.80. The highest BCUT2D eigenvalue weighted by molar-refractivity contribution is 7.13. The van der Waals surface area contributed by atoms with Crippen LogP contribution in [0.1, 0.15) is 12.8 Å². The van der Waals surface area contributed by atoms with Crippen LogP contribution in [0, 0.1) is 10.1 Å². The van der Waals surface area contributed by atoms with Crippen LogP contribution in [0.2, 0.25) is 0 Å². The number of quaternary nitrogens is 1. The topological polar surface area (TPSA) is 165 Å². The fraction of sp³-hybridized carbons (Fsp3) is 0.444. The summed E-state index contributed by atoms with van der Waals surface area (Å²) in [5, 5.41) is 14.3. The number of carbonyl (C=O) groups is 1. The van der Waals surface area contributed by atoms with Gasteiger partial charge in [0, 0.05) is 23.4 Å². The summed E-state index contributed by atoms with van der Waals surface area (Å²) in [5.41, 5.74) is 10.8. The number of hydrogen-bond donors (Lipinski definition) is 5. The van der Waals surface area contributed by atoms with Crippen molar-refractivity contribution in [3.63, 3.8) is 0 Å². The summed E-state index contributed by atoms with van der Waals surface area (Å²) in [4.78, 5) is 28.4. The molecule has 0 bridgehead atoms. The minimum absolute atomic E-state index is 0. The Balaban J connectivity index is 0. The van der Waals surface area contributed by atoms with E-state index in [0.29, 0.717) is 24.5 Å². The van der Waals surface area contributed by atoms with Gasteiger partial charge in [-0.2, -0.15) is 0 Å². The number of thiazole rings is 1. The lowest BCUT2D eigenvalue weighted by Crippen LogP contribution is -3.00. The van der Waals surface area contributed by atoms with Crippen LogP contribution in [-0.2, 0) is 4.79 Å². The van der Waals surface area contributed by atoms with E-state index in [1.54, 1.807) is 17.0 Å². The largest absolute Gasteiger partial charge is 1.00 e. The molecule has 0 saturated heterocycles. The predicted octanol–water partition coefficient (Wildman–Crippen LogP) is -9.34. The van der Waals surface area contributed by atoms with Crippen LogP contribution < -0.4 is 52.0 Å². The van der Waals surface area contributed by atoms with Crippen molar-refractivity contribution in [3.05, 3.63) is 21.7 Å². The van der Waals surface area contributed by atoms with Crippen molar-refractivity contribution in [2.45, 2.75) is 18.9 Å². The summed E-state index contributed by atoms with van der Waals surface area (Å²) >= 11 is 1.33. The number of carbonyl (C=O) groups excluding carboxylic acids is 1. The van der Waals surface area contributed by atoms with Crippen LogP contribution in [0.4, 0.5) is 5.13 Å². The van der Waals surface area contributed by atoms with Crippen molar-refractivity contribution in [1.82, 2.24) is 10.4 Å². The van der Waals surface area contributed by atoms with E-state index in [-0.39, 0.29) is 36.7 Å². The average molecular weight is 374 g/mol. The fourth-order valence-corrected chi connectivity index (χ4v) is 1.86. The molecule has 22 heavy (non-hydrogen) atoms. The Labute approximate surface area is 142 Å². The van der Waals surface area contributed by atoms with Crippen LogP contribution >= 0.6 is 11.3 Å². The molecule has 0 aliphatic carbocycles. The lowest BCUT2D eigenvalue weighted by molar-refractivity contribution is -0.547. The number of nitrogens with two attached hydrogens (primary N) is 1. The monoisotopic (exact) mass is 373 g/mol. The number of anilines is 1. The van der Waals surface area contributed by atoms with E-state index in [1.165, 1.54) is 11.3 Å². The van der Waals surface area contributed by atoms with E-state index in [9.17, 15) is 14.9 Å². The highest BCUT2D eigenvalue weighted by Crippen LogP contribution is 2.10. The lowest BCUT2D eigenvalue weighted by atomic mass is 10.1. The number of aromatic nitrogens is 1. The van der Waals surface area contributed by atoms with Crippen molar-refractivity contribution in [1.29, 1.82) is 0 Å². The van der Waals surface area contributed by atoms with Gasteiger partial charge in [-0.1, -0.05) is 0 Å². The quantitative estimate of drug-likeness (QED) is 0.105. The smallest absolute Gasteiger partial charge is 0.403 e. The van der Waals surface area contributed by atoms with Gasteiger partial charge in [0.25, 0.3) is 5.91 Å². The molecular weight excluding hydrogens is 357 g/mol. The summed E-state index contributed by atoms with van der Waals surface area (Å²) < 4.78 is 0. The third-order valence-electron chi connectivity index (χ3n) is 2.29. The summed E-state index contributed by atoms with van der Waals surface area (Å²) in [5.74, 6) is -0.344. The Morgan fingerprint density at radius 3 is 2.82 bits per heavy atom. The Morgan fingerprint density at radius 1 is 1.59 bits per heavy atom. The maximum Gasteiger partial charge on any atom is 0.403 e. The number of rotatable bonds is 7. The van der Waals surface area contributed by atoms with Gasteiger partial charge in [0.05, 0.1) is 6.54 Å². The van der Waals surface area contributed by atoms with Gasteiger partial charge < -0.3 is 30.5 Å². The molecule has 0 saturated carbocycles. The number of amides is 1. The molecule has 8 N–H and O–H groups in total. The highest BCUT2D eigenvalue weighted by Gasteiger charge is 2.17. The molecule has 1 amide bonds. The Morgan fingerprint density at radius 2 is 2.27 bits per heavy atom. The number of guanidine groups is 1. The Bertz CT molecular complexity index is 486. The minimum Gasteiger partial charge on any atom is -1.00 e. The van der Waals surface area contributed by atoms with Gasteiger partial charge in [-0.3, -0.25) is 20.8 Å². The number of nitrogens with one attached hydrogen (secondary N) is 3. The van der Waals surface area contributed by atoms with Crippen LogP contribution in [-0.4, -0.2) is 34.5 Å². The number of hydrazine groups is 1. The summed E-state index contributed by atoms with van der Waals surface area (Å²) in [6, 6.07) is -0.426. The predicted molar refractivity (Wildman–Crippen MR) is 71.8 cm³/mol. The van der Waals surface area contributed by atoms with E-state index in [1.807, 2.05) is 0 Å². The van der Waals surface area contributed by atoms with Crippen LogP contribution in [0.25, 0.3) is 0 Å². The second kappa shape index (κ2) is 11.9. The molecule has 0 fully saturated rings. The summed E-state index contributed by atoms with van der Waals surface area (Å²) in [6.45, 7) is 0.406. The third kappa shape index (κ3) is 9.28. The van der Waals surface area contributed by atoms with E-state index in [0.717, 1.165) is 0 Å². The van der Waals surface area contributed by atoms with Gasteiger partial charge in [-0.05, 0) is 6.42 Å². The average Bonchev–Trinajstić information content (AvgIpc) is 2.86. The molecule has 0 aromatic carbocycles. The first kappa shape index (κ1) is 22.6. The molecule has 1 atom stereocenters. The van der Waals surface area contributed by atoms with E-state index in [2.05, 4.69) is 21.0 Å². The second-order valence-electron chi connectivity index (χ2n) is 3.88. The molecule has 1 aromatic rings. The normalized spacial score (nSPS) is 11.6. The maximum absolute atomic E-state index is 11.7. The Hall–Kier alpha value is -1.69. The van der Waals surface area contributed by atoms with Crippen molar-refractivity contribution in [3.8, 4) is 0 Å². The molecular formula is C9H17Cl2N7O3S. The lowest BCUT2D eigenvalue weighted by Gasteiger charge is -2.06. The molecule has 1 aromatic heterocycles. The number of hydrogen-bond acceptors (Lipinski definition) is 5. The summed E-state index contributed by atoms with van der Waals surface area (Å²) in [6.07, 6.45) is 2.72. The third-order valence-corrected chi connectivity index (χ3v) is 2.98. The molecule has 0 aliphatic rings. The molecule has 1 heterocycles. The zero-order chi connectivity index (χ0) is 15.0. The van der Waals surface area contributed by atoms with Gasteiger partial charge >= 0.3 is 5.96 Å². The molecule has 0 spiro atoms. The number of nitrogens with zero attached hydrogens (tertiary/aromatic N) is 2. The van der Waals surface area contributed by atoms with E-state index in [4.69, 9.17) is 5.73 Å². The van der Waals surface area contributed by atoms with Gasteiger partial charge in [0.2, 0.25) is 5.03 Å². The zero-order valence-electron chi connectivity index (χ0n) is 11.4. The molecule has 1 rings (SSSR count). The number of nitro groups is 1. The van der Waals surface area contributed by atoms with Crippen molar-refractivity contribution in [2.24, 2.45) is 5.73 Å². The van der Waals surface area contributed by atoms with E-state index >= 15 is 0 Å². The molecule has 0 aliphatic heterocycles. The number of halogens is 2. The first-order valence-corrected chi connectivity index (χ1v) is 6.67. The van der Waals surface area contributed by atoms with Gasteiger partial charge in [0.15, 0.2) is 11.2 Å². The van der Waals surface area contributed by atoms with Crippen molar-refractivity contribution < 1.29 is 45.4 Å². The van der Waals surface area contributed by atoms with Crippen LogP contribution in [0.3, 0.4) is 0 Å². The Kier molecular flexibility index (Phi) is 12.2. The van der Waals surface area contributed by atoms with Gasteiger partial charge in [-0.15, -0.1) is 11.3 Å². The standard InChI is InChI=1S/C9H15N7O3S.2ClH/c10-6(7(17)14-9-13-4-5-20-9)2-1-3-12-8(11)15-16(18)19;;/h4-6H,1-3,10H2,(H3,11,12,15)(H,13,14,17);2*1H/t6-;;/m0../s1.